The zero-order chi connectivity index (χ0) is 34.6. The Bertz CT molecular complexity index is 1740. The number of benzene rings is 3. The van der Waals surface area contributed by atoms with E-state index >= 15 is 0 Å². The molecule has 1 heterocycles. The average molecular weight is 663 g/mol. The van der Waals surface area contributed by atoms with Gasteiger partial charge in [0.15, 0.2) is 34.7 Å². The molecule has 0 radical (unpaired) electrons. The highest BCUT2D eigenvalue weighted by atomic mass is 16.6. The molecule has 2 aliphatic rings. The van der Waals surface area contributed by atoms with Gasteiger partial charge in [0.1, 0.15) is 12.2 Å². The molecule has 0 unspecified atom stereocenters. The lowest BCUT2D eigenvalue weighted by Gasteiger charge is -2.57. The van der Waals surface area contributed by atoms with Crippen molar-refractivity contribution >= 4 is 30.1 Å². The van der Waals surface area contributed by atoms with Gasteiger partial charge in [-0.25, -0.2) is 14.4 Å². The lowest BCUT2D eigenvalue weighted by atomic mass is 9.60. The fourth-order valence-electron chi connectivity index (χ4n) is 6.23. The quantitative estimate of drug-likeness (QED) is 0.0997. The van der Waals surface area contributed by atoms with Crippen LogP contribution in [0.25, 0.3) is 12.2 Å². The third kappa shape index (κ3) is 6.83. The van der Waals surface area contributed by atoms with Crippen molar-refractivity contribution in [2.24, 2.45) is 5.92 Å². The Morgan fingerprint density at radius 2 is 1.42 bits per heavy atom. The molecule has 3 aromatic carbocycles. The average Bonchev–Trinajstić information content (AvgIpc) is 3.05. The molecule has 252 valence electrons. The summed E-state index contributed by atoms with van der Waals surface area (Å²) < 4.78 is 17.7. The minimum absolute atomic E-state index is 0.0856. The molecule has 3 aromatic rings. The molecule has 5 rings (SSSR count). The van der Waals surface area contributed by atoms with E-state index in [4.69, 9.17) is 14.2 Å². The number of aromatic hydroxyl groups is 4. The Morgan fingerprint density at radius 1 is 0.833 bits per heavy atom. The molecule has 2 fully saturated rings. The van der Waals surface area contributed by atoms with Gasteiger partial charge in [0, 0.05) is 37.5 Å². The fourth-order valence-corrected chi connectivity index (χ4v) is 6.23. The molecule has 7 N–H and O–H groups in total. The first-order valence-corrected chi connectivity index (χ1v) is 15.0. The molecule has 0 amide bonds. The molecule has 1 saturated carbocycles. The Labute approximate surface area is 274 Å². The number of fused-ring (bicyclic) bond motifs is 1. The van der Waals surface area contributed by atoms with Gasteiger partial charge < -0.3 is 50.0 Å². The van der Waals surface area contributed by atoms with Crippen LogP contribution in [0, 0.1) is 5.92 Å². The van der Waals surface area contributed by atoms with E-state index in [2.05, 4.69) is 0 Å². The van der Waals surface area contributed by atoms with Gasteiger partial charge in [-0.05, 0) is 59.5 Å². The van der Waals surface area contributed by atoms with E-state index in [0.29, 0.717) is 16.7 Å². The number of hydrogen-bond acceptors (Lipinski definition) is 12. The monoisotopic (exact) mass is 662 g/mol. The number of phenols is 4. The molecule has 0 aromatic heterocycles. The first kappa shape index (κ1) is 34.0. The minimum Gasteiger partial charge on any atom is -0.504 e. The van der Waals surface area contributed by atoms with Gasteiger partial charge in [-0.1, -0.05) is 42.5 Å². The summed E-state index contributed by atoms with van der Waals surface area (Å²) in [7, 11) is 0. The highest BCUT2D eigenvalue weighted by molar-refractivity contribution is 5.89. The Balaban J connectivity index is 1.58. The lowest BCUT2D eigenvalue weighted by Crippen LogP contribution is -2.76. The number of carbonyl (C=O) groups is 3. The fraction of sp³-hybridized carbons (Fsp3) is 0.286. The van der Waals surface area contributed by atoms with Gasteiger partial charge in [-0.3, -0.25) is 0 Å². The minimum atomic E-state index is -2.58. The number of esters is 2. The summed E-state index contributed by atoms with van der Waals surface area (Å²) in [6.45, 7) is -0.0856. The summed E-state index contributed by atoms with van der Waals surface area (Å²) in [5.74, 6) is -6.88. The standard InChI is InChI=1S/C35H34O13/c36-24-10-6-21(17-26(24)38)8-12-30(41)47-32-23(16-20-4-2-1-3-5-20)34(45,33(43)44)19-29-35(32,28(40)14-15-46-29)48-31(42)13-9-22-7-11-25(37)27(39)18-22/h1-13,17-18,23,28-29,32,36-40,45H,14-16,19H2,(H,43,44)/t23-,28+,29+,32+,34+,35+/m0/s1. The molecular formula is C35H34O13. The second kappa shape index (κ2) is 13.8. The largest absolute Gasteiger partial charge is 0.504 e. The summed E-state index contributed by atoms with van der Waals surface area (Å²) >= 11 is 0. The number of rotatable bonds is 9. The summed E-state index contributed by atoms with van der Waals surface area (Å²) in [6.07, 6.45) is -1.24. The third-order valence-corrected chi connectivity index (χ3v) is 8.67. The highest BCUT2D eigenvalue weighted by Crippen LogP contribution is 2.50. The predicted molar refractivity (Wildman–Crippen MR) is 168 cm³/mol. The molecule has 6 atom stereocenters. The van der Waals surface area contributed by atoms with Crippen LogP contribution in [-0.2, 0) is 35.0 Å². The summed E-state index contributed by atoms with van der Waals surface area (Å²) in [5, 5.41) is 72.5. The van der Waals surface area contributed by atoms with Crippen LogP contribution in [-0.4, -0.2) is 89.8 Å². The Morgan fingerprint density at radius 3 is 1.98 bits per heavy atom. The third-order valence-electron chi connectivity index (χ3n) is 8.67. The van der Waals surface area contributed by atoms with Gasteiger partial charge >= 0.3 is 17.9 Å². The molecule has 0 bridgehead atoms. The van der Waals surface area contributed by atoms with Gasteiger partial charge in [-0.15, -0.1) is 0 Å². The number of ether oxygens (including phenoxy) is 3. The van der Waals surface area contributed by atoms with Crippen LogP contribution in [0.1, 0.15) is 29.5 Å². The van der Waals surface area contributed by atoms with E-state index < -0.39 is 71.3 Å². The van der Waals surface area contributed by atoms with Crippen LogP contribution in [0.2, 0.25) is 0 Å². The second-order valence-electron chi connectivity index (χ2n) is 11.7. The highest BCUT2D eigenvalue weighted by Gasteiger charge is 2.70. The van der Waals surface area contributed by atoms with Gasteiger partial charge in [0.05, 0.1) is 0 Å². The van der Waals surface area contributed by atoms with E-state index in [-0.39, 0.29) is 30.9 Å². The van der Waals surface area contributed by atoms with Crippen LogP contribution in [0.3, 0.4) is 0 Å². The maximum absolute atomic E-state index is 13.4. The zero-order valence-electron chi connectivity index (χ0n) is 25.4. The molecule has 48 heavy (non-hydrogen) atoms. The molecule has 1 aliphatic heterocycles. The molecular weight excluding hydrogens is 628 g/mol. The molecule has 0 spiro atoms. The number of hydrogen-bond donors (Lipinski definition) is 7. The smallest absolute Gasteiger partial charge is 0.336 e. The SMILES string of the molecule is O=C(C=Cc1ccc(O)c(O)c1)O[C@@H]1[C@H](Cc2ccccc2)[C@@](O)(C(=O)O)C[C@H]2OCC[C@@H](O)[C@]12OC(=O)C=Cc1ccc(O)c(O)c1. The van der Waals surface area contributed by atoms with Gasteiger partial charge in [-0.2, -0.15) is 0 Å². The van der Waals surface area contributed by atoms with Crippen LogP contribution in [0.15, 0.2) is 78.9 Å². The second-order valence-corrected chi connectivity index (χ2v) is 11.7. The van der Waals surface area contributed by atoms with Crippen LogP contribution < -0.4 is 0 Å². The Hall–Kier alpha value is -5.37. The van der Waals surface area contributed by atoms with Crippen molar-refractivity contribution in [1.29, 1.82) is 0 Å². The molecule has 1 saturated heterocycles. The van der Waals surface area contributed by atoms with E-state index in [0.717, 1.165) is 12.2 Å². The normalized spacial score (nSPS) is 27.0. The van der Waals surface area contributed by atoms with Crippen molar-refractivity contribution in [3.8, 4) is 23.0 Å². The van der Waals surface area contributed by atoms with E-state index in [1.807, 2.05) is 0 Å². The van der Waals surface area contributed by atoms with Crippen molar-refractivity contribution in [3.05, 3.63) is 95.6 Å². The van der Waals surface area contributed by atoms with E-state index in [1.165, 1.54) is 48.6 Å². The van der Waals surface area contributed by atoms with Crippen LogP contribution in [0.4, 0.5) is 0 Å². The summed E-state index contributed by atoms with van der Waals surface area (Å²) in [6, 6.07) is 16.0. The van der Waals surface area contributed by atoms with Crippen molar-refractivity contribution in [2.45, 2.75) is 48.8 Å². The number of phenolic OH excluding ortho intramolecular Hbond substituents is 4. The molecule has 13 nitrogen and oxygen atoms in total. The maximum atomic E-state index is 13.4. The van der Waals surface area contributed by atoms with Gasteiger partial charge in [0.2, 0.25) is 5.60 Å². The first-order valence-electron chi connectivity index (χ1n) is 15.0. The van der Waals surface area contributed by atoms with E-state index in [9.17, 15) is 50.1 Å². The lowest BCUT2D eigenvalue weighted by molar-refractivity contribution is -0.305. The number of aliphatic carboxylic acids is 1. The topological polar surface area (TPSA) is 221 Å². The Kier molecular flexibility index (Phi) is 9.75. The van der Waals surface area contributed by atoms with E-state index in [1.54, 1.807) is 30.3 Å². The maximum Gasteiger partial charge on any atom is 0.336 e. The van der Waals surface area contributed by atoms with Crippen molar-refractivity contribution in [2.75, 3.05) is 6.61 Å². The number of aliphatic hydroxyl groups excluding tert-OH is 1. The zero-order valence-corrected chi connectivity index (χ0v) is 25.4. The van der Waals surface area contributed by atoms with Crippen molar-refractivity contribution in [3.63, 3.8) is 0 Å². The summed E-state index contributed by atoms with van der Waals surface area (Å²) in [5.41, 5.74) is -3.63. The predicted octanol–water partition coefficient (Wildman–Crippen LogP) is 2.66. The number of carboxylic acids is 1. The van der Waals surface area contributed by atoms with Crippen LogP contribution in [0.5, 0.6) is 23.0 Å². The van der Waals surface area contributed by atoms with Crippen molar-refractivity contribution in [1.82, 2.24) is 0 Å². The first-order chi connectivity index (χ1) is 22.8. The number of carbonyl (C=O) groups excluding carboxylic acids is 2. The molecule has 1 aliphatic carbocycles. The van der Waals surface area contributed by atoms with Gasteiger partial charge in [0.25, 0.3) is 0 Å². The van der Waals surface area contributed by atoms with Crippen molar-refractivity contribution < 1.29 is 64.3 Å². The number of carboxylic acid groups (broad SMARTS) is 1. The van der Waals surface area contributed by atoms with Crippen LogP contribution >= 0.6 is 0 Å². The molecule has 13 heteroatoms. The summed E-state index contributed by atoms with van der Waals surface area (Å²) in [4.78, 5) is 39.6. The number of aliphatic hydroxyl groups is 2.